The zero-order valence-electron chi connectivity index (χ0n) is 11.9. The molecule has 0 atom stereocenters. The maximum atomic E-state index is 5.81. The minimum atomic E-state index is 0.767. The van der Waals surface area contributed by atoms with Crippen LogP contribution in [0.25, 0.3) is 0 Å². The highest BCUT2D eigenvalue weighted by Crippen LogP contribution is 2.53. The lowest BCUT2D eigenvalue weighted by Gasteiger charge is -2.54. The van der Waals surface area contributed by atoms with Crippen LogP contribution < -0.4 is 5.32 Å². The van der Waals surface area contributed by atoms with Crippen molar-refractivity contribution < 1.29 is 4.42 Å². The lowest BCUT2D eigenvalue weighted by atomic mass is 9.54. The van der Waals surface area contributed by atoms with Gasteiger partial charge in [0.05, 0.1) is 6.54 Å². The summed E-state index contributed by atoms with van der Waals surface area (Å²) in [6.45, 7) is 3.07. The van der Waals surface area contributed by atoms with Gasteiger partial charge in [0.2, 0.25) is 0 Å². The maximum Gasteiger partial charge on any atom is 0.117 e. The second-order valence-electron chi connectivity index (χ2n) is 7.06. The molecule has 4 bridgehead atoms. The number of nitrogens with one attached hydrogen (secondary N) is 1. The zero-order chi connectivity index (χ0) is 12.8. The second-order valence-corrected chi connectivity index (χ2v) is 7.06. The third kappa shape index (κ3) is 2.14. The van der Waals surface area contributed by atoms with Crippen molar-refractivity contribution in [1.29, 1.82) is 0 Å². The molecule has 4 saturated carbocycles. The predicted molar refractivity (Wildman–Crippen MR) is 75.8 cm³/mol. The van der Waals surface area contributed by atoms with Gasteiger partial charge in [-0.2, -0.15) is 0 Å². The van der Waals surface area contributed by atoms with E-state index in [1.165, 1.54) is 32.1 Å². The third-order valence-electron chi connectivity index (χ3n) is 5.80. The highest BCUT2D eigenvalue weighted by Gasteiger charge is 2.47. The predicted octanol–water partition coefficient (Wildman–Crippen LogP) is 3.76. The summed E-state index contributed by atoms with van der Waals surface area (Å²) in [5, 5.41) is 3.82. The first-order chi connectivity index (χ1) is 9.31. The summed E-state index contributed by atoms with van der Waals surface area (Å²) in [4.78, 5) is 0. The van der Waals surface area contributed by atoms with Crippen LogP contribution in [0.15, 0.2) is 16.5 Å². The zero-order valence-corrected chi connectivity index (χ0v) is 11.9. The largest absolute Gasteiger partial charge is 0.465 e. The first-order valence-electron chi connectivity index (χ1n) is 8.12. The summed E-state index contributed by atoms with van der Waals surface area (Å²) in [6, 6.07) is 5.03. The van der Waals surface area contributed by atoms with Gasteiger partial charge >= 0.3 is 0 Å². The van der Waals surface area contributed by atoms with Crippen LogP contribution in [0, 0.1) is 23.7 Å². The molecule has 0 aliphatic heterocycles. The Hall–Kier alpha value is -0.760. The van der Waals surface area contributed by atoms with Crippen LogP contribution in [0.2, 0.25) is 0 Å². The minimum Gasteiger partial charge on any atom is -0.465 e. The number of rotatable bonds is 4. The molecule has 4 fully saturated rings. The Balaban J connectivity index is 1.40. The molecule has 0 spiro atoms. The highest BCUT2D eigenvalue weighted by molar-refractivity contribution is 5.08. The quantitative estimate of drug-likeness (QED) is 0.890. The van der Waals surface area contributed by atoms with Gasteiger partial charge in [-0.3, -0.25) is 0 Å². The average molecular weight is 259 g/mol. The van der Waals surface area contributed by atoms with Gasteiger partial charge < -0.3 is 9.73 Å². The van der Waals surface area contributed by atoms with Gasteiger partial charge in [0.15, 0.2) is 0 Å². The van der Waals surface area contributed by atoms with Gasteiger partial charge in [-0.15, -0.1) is 0 Å². The Kier molecular flexibility index (Phi) is 2.95. The van der Waals surface area contributed by atoms with Gasteiger partial charge in [0.1, 0.15) is 11.5 Å². The van der Waals surface area contributed by atoms with Crippen LogP contribution >= 0.6 is 0 Å². The average Bonchev–Trinajstić information content (AvgIpc) is 2.85. The summed E-state index contributed by atoms with van der Waals surface area (Å²) in [5.41, 5.74) is 0. The highest BCUT2D eigenvalue weighted by atomic mass is 16.3. The van der Waals surface area contributed by atoms with Crippen molar-refractivity contribution in [3.05, 3.63) is 23.7 Å². The maximum absolute atomic E-state index is 5.81. The molecule has 5 rings (SSSR count). The van der Waals surface area contributed by atoms with E-state index in [1.54, 1.807) is 0 Å². The fourth-order valence-electron chi connectivity index (χ4n) is 5.18. The van der Waals surface area contributed by atoms with Crippen molar-refractivity contribution in [3.63, 3.8) is 0 Å². The number of furan rings is 1. The normalized spacial score (nSPS) is 39.9. The number of aryl methyl sites for hydroxylation is 1. The van der Waals surface area contributed by atoms with E-state index in [2.05, 4.69) is 24.4 Å². The molecule has 0 unspecified atom stereocenters. The van der Waals surface area contributed by atoms with Gasteiger partial charge in [0.25, 0.3) is 0 Å². The molecule has 1 N–H and O–H groups in total. The molecule has 2 nitrogen and oxygen atoms in total. The molecule has 0 radical (unpaired) electrons. The first kappa shape index (κ1) is 12.0. The van der Waals surface area contributed by atoms with Gasteiger partial charge in [0, 0.05) is 12.5 Å². The van der Waals surface area contributed by atoms with E-state index >= 15 is 0 Å². The Labute approximate surface area is 116 Å². The van der Waals surface area contributed by atoms with E-state index in [-0.39, 0.29) is 0 Å². The molecule has 0 amide bonds. The molecule has 0 aromatic carbocycles. The molecular formula is C17H25NO. The van der Waals surface area contributed by atoms with Crippen LogP contribution in [0.1, 0.15) is 50.5 Å². The van der Waals surface area contributed by atoms with Crippen molar-refractivity contribution in [1.82, 2.24) is 5.32 Å². The van der Waals surface area contributed by atoms with E-state index in [1.807, 2.05) is 0 Å². The molecule has 1 heterocycles. The van der Waals surface area contributed by atoms with Crippen LogP contribution in [-0.2, 0) is 13.0 Å². The van der Waals surface area contributed by atoms with E-state index in [9.17, 15) is 0 Å². The fraction of sp³-hybridized carbons (Fsp3) is 0.765. The van der Waals surface area contributed by atoms with E-state index < -0.39 is 0 Å². The van der Waals surface area contributed by atoms with E-state index in [0.29, 0.717) is 0 Å². The SMILES string of the molecule is CCc1ccc(CNC2C3CC4CC(C3)CC2C4)o1. The molecule has 1 aromatic rings. The summed E-state index contributed by atoms with van der Waals surface area (Å²) in [6.07, 6.45) is 8.49. The van der Waals surface area contributed by atoms with Gasteiger partial charge in [-0.25, -0.2) is 0 Å². The van der Waals surface area contributed by atoms with E-state index in [0.717, 1.165) is 54.2 Å². The second kappa shape index (κ2) is 4.66. The number of hydrogen-bond acceptors (Lipinski definition) is 2. The Morgan fingerprint density at radius 1 is 1.00 bits per heavy atom. The summed E-state index contributed by atoms with van der Waals surface area (Å²) in [7, 11) is 0. The molecule has 4 aliphatic rings. The molecule has 0 saturated heterocycles. The minimum absolute atomic E-state index is 0.767. The van der Waals surface area contributed by atoms with Crippen molar-refractivity contribution in [2.45, 2.75) is 58.0 Å². The van der Waals surface area contributed by atoms with Crippen molar-refractivity contribution in [2.75, 3.05) is 0 Å². The summed E-state index contributed by atoms with van der Waals surface area (Å²) >= 11 is 0. The van der Waals surface area contributed by atoms with Crippen LogP contribution in [0.4, 0.5) is 0 Å². The molecule has 4 aliphatic carbocycles. The number of hydrogen-bond donors (Lipinski definition) is 1. The van der Waals surface area contributed by atoms with E-state index in [4.69, 9.17) is 4.42 Å². The lowest BCUT2D eigenvalue weighted by Crippen LogP contribution is -2.54. The van der Waals surface area contributed by atoms with Crippen LogP contribution in [0.3, 0.4) is 0 Å². The van der Waals surface area contributed by atoms with Gasteiger partial charge in [-0.1, -0.05) is 6.92 Å². The van der Waals surface area contributed by atoms with Gasteiger partial charge in [-0.05, 0) is 67.9 Å². The van der Waals surface area contributed by atoms with Crippen LogP contribution in [0.5, 0.6) is 0 Å². The topological polar surface area (TPSA) is 25.2 Å². The van der Waals surface area contributed by atoms with Crippen molar-refractivity contribution >= 4 is 0 Å². The summed E-state index contributed by atoms with van der Waals surface area (Å²) < 4.78 is 5.81. The molecule has 19 heavy (non-hydrogen) atoms. The Morgan fingerprint density at radius 3 is 2.21 bits per heavy atom. The molecular weight excluding hydrogens is 234 g/mol. The van der Waals surface area contributed by atoms with Crippen molar-refractivity contribution in [2.24, 2.45) is 23.7 Å². The molecule has 104 valence electrons. The summed E-state index contributed by atoms with van der Waals surface area (Å²) in [5.74, 6) is 6.27. The molecule has 2 heteroatoms. The monoisotopic (exact) mass is 259 g/mol. The molecule has 1 aromatic heterocycles. The standard InChI is InChI=1S/C17H25NO/c1-2-15-3-4-16(19-15)10-18-17-13-6-11-5-12(8-13)9-14(17)7-11/h3-4,11-14,17-18H,2,5-10H2,1H3. The first-order valence-corrected chi connectivity index (χ1v) is 8.12. The third-order valence-corrected chi connectivity index (χ3v) is 5.80. The lowest BCUT2D eigenvalue weighted by molar-refractivity contribution is -0.0148. The Morgan fingerprint density at radius 2 is 1.63 bits per heavy atom. The Bertz CT molecular complexity index is 422. The smallest absolute Gasteiger partial charge is 0.117 e. The fourth-order valence-corrected chi connectivity index (χ4v) is 5.18. The van der Waals surface area contributed by atoms with Crippen LogP contribution in [-0.4, -0.2) is 6.04 Å². The van der Waals surface area contributed by atoms with Crippen molar-refractivity contribution in [3.8, 4) is 0 Å².